The number of likely N-dealkylation sites (N-methyl/N-ethyl adjacent to an activating group) is 1. The number of methoxy groups -OCH3 is 1. The van der Waals surface area contributed by atoms with Crippen LogP contribution < -0.4 is 15.8 Å². The van der Waals surface area contributed by atoms with Crippen molar-refractivity contribution in [2.24, 2.45) is 0 Å². The highest BCUT2D eigenvalue weighted by Crippen LogP contribution is 2.40. The van der Waals surface area contributed by atoms with Crippen molar-refractivity contribution in [3.63, 3.8) is 0 Å². The van der Waals surface area contributed by atoms with Gasteiger partial charge in [-0.05, 0) is 19.0 Å². The Bertz CT molecular complexity index is 1050. The Balaban J connectivity index is 1.44. The molecule has 0 radical (unpaired) electrons. The Morgan fingerprint density at radius 1 is 1.41 bits per heavy atom. The number of carbonyl (C=O) groups excluding carboxylic acids is 2. The molecule has 15 heteroatoms. The second kappa shape index (κ2) is 8.32. The van der Waals surface area contributed by atoms with E-state index in [9.17, 15) is 19.8 Å². The molecule has 2 aliphatic rings. The van der Waals surface area contributed by atoms with Gasteiger partial charge in [0.15, 0.2) is 17.4 Å². The van der Waals surface area contributed by atoms with Gasteiger partial charge in [0.1, 0.15) is 23.9 Å². The minimum atomic E-state index is -1.71. The predicted octanol–water partition coefficient (Wildman–Crippen LogP) is -1.36. The standard InChI is InChI=1S/C17H23N7O7S/c1-17(28)10(25)8(4-30-32-5-7-12(26)21-16(27)23(7)2)31-14(17)24-6-19-9-11(24)20-15(18)22-13(9)29-3/h6-8,10,14,25,28H,4-5H2,1-3H3,(H2,18,20,22)(H,21,26,27)/t7-,8+,10+,14+,17+/m0/s1. The normalized spacial score (nSPS) is 30.3. The Hall–Kier alpha value is -2.72. The number of aliphatic hydroxyl groups is 2. The number of nitrogen functional groups attached to an aromatic ring is 1. The van der Waals surface area contributed by atoms with Crippen LogP contribution in [-0.4, -0.2) is 96.9 Å². The van der Waals surface area contributed by atoms with Crippen LogP contribution in [0.3, 0.4) is 0 Å². The number of aliphatic hydroxyl groups excluding tert-OH is 1. The first-order valence-electron chi connectivity index (χ1n) is 9.57. The Kier molecular flexibility index (Phi) is 5.85. The van der Waals surface area contributed by atoms with Crippen molar-refractivity contribution in [1.29, 1.82) is 0 Å². The number of ether oxygens (including phenoxy) is 2. The van der Waals surface area contributed by atoms with Gasteiger partial charge in [-0.3, -0.25) is 14.7 Å². The molecule has 3 amide bonds. The molecular weight excluding hydrogens is 446 g/mol. The number of carbonyl (C=O) groups is 2. The Morgan fingerprint density at radius 2 is 2.16 bits per heavy atom. The maximum atomic E-state index is 11.8. The number of anilines is 1. The number of amides is 3. The number of urea groups is 1. The van der Waals surface area contributed by atoms with E-state index in [4.69, 9.17) is 19.4 Å². The largest absolute Gasteiger partial charge is 0.479 e. The van der Waals surface area contributed by atoms with Gasteiger partial charge in [0, 0.05) is 12.8 Å². The molecular formula is C17H23N7O7S. The summed E-state index contributed by atoms with van der Waals surface area (Å²) in [6.45, 7) is 1.34. The molecule has 0 spiro atoms. The molecule has 174 valence electrons. The molecule has 0 saturated carbocycles. The molecule has 4 heterocycles. The van der Waals surface area contributed by atoms with Crippen molar-refractivity contribution < 1.29 is 33.5 Å². The average molecular weight is 469 g/mol. The molecule has 0 aromatic carbocycles. The summed E-state index contributed by atoms with van der Waals surface area (Å²) in [6.07, 6.45) is -1.86. The van der Waals surface area contributed by atoms with E-state index in [1.54, 1.807) is 0 Å². The summed E-state index contributed by atoms with van der Waals surface area (Å²) in [5.41, 5.74) is 4.61. The van der Waals surface area contributed by atoms with E-state index < -0.39 is 42.0 Å². The Labute approximate surface area is 186 Å². The van der Waals surface area contributed by atoms with E-state index in [2.05, 4.69) is 20.3 Å². The van der Waals surface area contributed by atoms with Gasteiger partial charge in [-0.1, -0.05) is 0 Å². The number of hydrogen-bond acceptors (Lipinski definition) is 12. The first-order valence-corrected chi connectivity index (χ1v) is 10.5. The first kappa shape index (κ1) is 22.5. The van der Waals surface area contributed by atoms with Gasteiger partial charge >= 0.3 is 6.03 Å². The molecule has 4 rings (SSSR count). The quantitative estimate of drug-likeness (QED) is 0.212. The fourth-order valence-corrected chi connectivity index (χ4v) is 4.44. The van der Waals surface area contributed by atoms with Crippen LogP contribution in [0.15, 0.2) is 6.33 Å². The van der Waals surface area contributed by atoms with Crippen LogP contribution in [0, 0.1) is 0 Å². The van der Waals surface area contributed by atoms with E-state index in [0.29, 0.717) is 5.52 Å². The van der Waals surface area contributed by atoms with Crippen LogP contribution in [0.4, 0.5) is 10.7 Å². The lowest BCUT2D eigenvalue weighted by Crippen LogP contribution is -2.44. The number of rotatable bonds is 7. The van der Waals surface area contributed by atoms with Crippen molar-refractivity contribution in [1.82, 2.24) is 29.7 Å². The van der Waals surface area contributed by atoms with Crippen LogP contribution in [0.5, 0.6) is 5.88 Å². The van der Waals surface area contributed by atoms with Crippen molar-refractivity contribution in [2.75, 3.05) is 32.3 Å². The molecule has 2 aromatic heterocycles. The van der Waals surface area contributed by atoms with Crippen LogP contribution in [-0.2, 0) is 13.7 Å². The van der Waals surface area contributed by atoms with Crippen LogP contribution >= 0.6 is 12.0 Å². The number of fused-ring (bicyclic) bond motifs is 1. The second-order valence-electron chi connectivity index (χ2n) is 7.60. The molecule has 2 fully saturated rings. The highest BCUT2D eigenvalue weighted by atomic mass is 32.2. The molecule has 2 aliphatic heterocycles. The summed E-state index contributed by atoms with van der Waals surface area (Å²) < 4.78 is 18.0. The third-order valence-corrected chi connectivity index (χ3v) is 6.22. The lowest BCUT2D eigenvalue weighted by molar-refractivity contribution is -0.120. The number of hydrogen-bond donors (Lipinski definition) is 4. The topological polar surface area (TPSA) is 187 Å². The predicted molar refractivity (Wildman–Crippen MR) is 110 cm³/mol. The molecule has 0 aliphatic carbocycles. The van der Waals surface area contributed by atoms with Gasteiger partial charge < -0.3 is 34.5 Å². The summed E-state index contributed by atoms with van der Waals surface area (Å²) >= 11 is 0.957. The average Bonchev–Trinajstić information content (AvgIpc) is 3.33. The molecule has 14 nitrogen and oxygen atoms in total. The maximum absolute atomic E-state index is 11.8. The molecule has 5 atom stereocenters. The van der Waals surface area contributed by atoms with E-state index in [0.717, 1.165) is 12.0 Å². The van der Waals surface area contributed by atoms with Gasteiger partial charge in [-0.15, -0.1) is 0 Å². The monoisotopic (exact) mass is 469 g/mol. The lowest BCUT2D eigenvalue weighted by atomic mass is 9.96. The third-order valence-electron chi connectivity index (χ3n) is 5.47. The summed E-state index contributed by atoms with van der Waals surface area (Å²) in [5, 5.41) is 23.8. The molecule has 32 heavy (non-hydrogen) atoms. The fraction of sp³-hybridized carbons (Fsp3) is 0.588. The van der Waals surface area contributed by atoms with Crippen LogP contribution in [0.25, 0.3) is 11.2 Å². The van der Waals surface area contributed by atoms with Crippen molar-refractivity contribution in [3.8, 4) is 5.88 Å². The zero-order valence-electron chi connectivity index (χ0n) is 17.5. The maximum Gasteiger partial charge on any atom is 0.324 e. The zero-order chi connectivity index (χ0) is 23.2. The summed E-state index contributed by atoms with van der Waals surface area (Å²) in [5.74, 6) is -0.0960. The molecule has 2 aromatic rings. The smallest absolute Gasteiger partial charge is 0.324 e. The molecule has 2 saturated heterocycles. The number of aromatic nitrogens is 4. The SMILES string of the molecule is COc1nc(N)nc2c1ncn2[C@@H]1O[C@H](COSC[C@H]2C(=O)NC(=O)N2C)[C@@H](O)[C@@]1(C)O. The van der Waals surface area contributed by atoms with Crippen LogP contribution in [0.2, 0.25) is 0 Å². The Morgan fingerprint density at radius 3 is 2.81 bits per heavy atom. The molecule has 0 unspecified atom stereocenters. The second-order valence-corrected chi connectivity index (χ2v) is 8.41. The number of nitrogens with zero attached hydrogens (tertiary/aromatic N) is 5. The number of imidazole rings is 1. The van der Waals surface area contributed by atoms with Gasteiger partial charge in [0.2, 0.25) is 11.8 Å². The highest BCUT2D eigenvalue weighted by molar-refractivity contribution is 7.94. The van der Waals surface area contributed by atoms with Gasteiger partial charge in [-0.25, -0.2) is 9.78 Å². The summed E-state index contributed by atoms with van der Waals surface area (Å²) in [4.78, 5) is 36.9. The first-order chi connectivity index (χ1) is 15.1. The minimum absolute atomic E-state index is 0.0510. The fourth-order valence-electron chi connectivity index (χ4n) is 3.61. The number of nitrogens with one attached hydrogen (secondary N) is 1. The van der Waals surface area contributed by atoms with E-state index in [-0.39, 0.29) is 29.8 Å². The lowest BCUT2D eigenvalue weighted by Gasteiger charge is -2.27. The van der Waals surface area contributed by atoms with Crippen molar-refractivity contribution in [2.45, 2.75) is 37.0 Å². The zero-order valence-corrected chi connectivity index (χ0v) is 18.3. The number of imide groups is 1. The molecule has 5 N–H and O–H groups in total. The number of nitrogens with two attached hydrogens (primary N) is 1. The van der Waals surface area contributed by atoms with E-state index in [1.165, 1.54) is 36.9 Å². The molecule has 0 bridgehead atoms. The van der Waals surface area contributed by atoms with Crippen molar-refractivity contribution in [3.05, 3.63) is 6.33 Å². The minimum Gasteiger partial charge on any atom is -0.479 e. The van der Waals surface area contributed by atoms with Gasteiger partial charge in [0.25, 0.3) is 5.91 Å². The highest BCUT2D eigenvalue weighted by Gasteiger charge is 2.53. The van der Waals surface area contributed by atoms with Gasteiger partial charge in [-0.2, -0.15) is 9.97 Å². The van der Waals surface area contributed by atoms with Gasteiger partial charge in [0.05, 0.1) is 20.0 Å². The van der Waals surface area contributed by atoms with E-state index in [1.807, 2.05) is 0 Å². The summed E-state index contributed by atoms with van der Waals surface area (Å²) in [7, 11) is 2.93. The van der Waals surface area contributed by atoms with Crippen LogP contribution in [0.1, 0.15) is 13.2 Å². The van der Waals surface area contributed by atoms with E-state index >= 15 is 0 Å². The summed E-state index contributed by atoms with van der Waals surface area (Å²) in [6, 6.07) is -1.13. The third kappa shape index (κ3) is 3.71. The van der Waals surface area contributed by atoms with Crippen molar-refractivity contribution >= 4 is 41.1 Å².